The van der Waals surface area contributed by atoms with E-state index in [4.69, 9.17) is 0 Å². The quantitative estimate of drug-likeness (QED) is 0.232. The van der Waals surface area contributed by atoms with Crippen molar-refractivity contribution < 1.29 is 20.6 Å². The van der Waals surface area contributed by atoms with Crippen LogP contribution in [0.15, 0.2) is 21.5 Å². The summed E-state index contributed by atoms with van der Waals surface area (Å²) in [6.45, 7) is 9.36. The summed E-state index contributed by atoms with van der Waals surface area (Å²) in [5.74, 6) is 3.95. The van der Waals surface area contributed by atoms with Gasteiger partial charge in [-0.1, -0.05) is 0 Å². The Bertz CT molecular complexity index is 431. The van der Waals surface area contributed by atoms with Crippen molar-refractivity contribution in [1.29, 1.82) is 0 Å². The molecule has 0 bridgehead atoms. The molecule has 6 heteroatoms. The van der Waals surface area contributed by atoms with Gasteiger partial charge >= 0.3 is 159 Å². The van der Waals surface area contributed by atoms with Crippen LogP contribution < -0.4 is 9.78 Å². The van der Waals surface area contributed by atoms with E-state index in [9.17, 15) is 0 Å². The first-order valence-corrected chi connectivity index (χ1v) is 27.7. The molecule has 0 spiro atoms. The summed E-state index contributed by atoms with van der Waals surface area (Å²) in [6.07, 6.45) is 14.2. The monoisotopic (exact) mass is 494 g/mol. The van der Waals surface area contributed by atoms with Crippen LogP contribution in [0.25, 0.3) is 0 Å². The van der Waals surface area contributed by atoms with Gasteiger partial charge in [0.2, 0.25) is 0 Å². The zero-order chi connectivity index (χ0) is 18.8. The fourth-order valence-electron chi connectivity index (χ4n) is 3.90. The van der Waals surface area contributed by atoms with E-state index in [-0.39, 0.29) is 0 Å². The van der Waals surface area contributed by atoms with Crippen LogP contribution in [0, 0.1) is 0 Å². The van der Waals surface area contributed by atoms with Crippen molar-refractivity contribution in [2.45, 2.75) is 77.2 Å². The topological polar surface area (TPSA) is 36.1 Å². The van der Waals surface area contributed by atoms with E-state index in [0.717, 1.165) is 64.6 Å². The summed E-state index contributed by atoms with van der Waals surface area (Å²) in [5.41, 5.74) is 0. The van der Waals surface area contributed by atoms with Gasteiger partial charge in [0.1, 0.15) is 0 Å². The average Bonchev–Trinajstić information content (AvgIpc) is 3.09. The molecular formula is C19H41FGeN3Zr. The van der Waals surface area contributed by atoms with Gasteiger partial charge < -0.3 is 0 Å². The number of rotatable bonds is 14. The second-order valence-corrected chi connectivity index (χ2v) is 52.0. The molecule has 25 heavy (non-hydrogen) atoms. The first-order chi connectivity index (χ1) is 11.9. The second-order valence-electron chi connectivity index (χ2n) is 7.89. The van der Waals surface area contributed by atoms with Gasteiger partial charge in [0, 0.05) is 0 Å². The molecule has 0 aliphatic heterocycles. The van der Waals surface area contributed by atoms with Crippen LogP contribution >= 0.6 is 0 Å². The second kappa shape index (κ2) is 10.9. The molecule has 0 atom stereocenters. The SMILES string of the molecule is CCCC[NH][Zr]([NH]CCCC)([NH]CCCC)([C]1=CC=CC1)[Ge]([CH3])([CH3])[F]. The molecule has 1 aliphatic carbocycles. The Morgan fingerprint density at radius 3 is 1.64 bits per heavy atom. The van der Waals surface area contributed by atoms with Crippen molar-refractivity contribution in [1.82, 2.24) is 9.78 Å². The van der Waals surface area contributed by atoms with Gasteiger partial charge in [0.25, 0.3) is 0 Å². The number of unbranched alkanes of at least 4 members (excludes halogenated alkanes) is 3. The molecule has 0 unspecified atom stereocenters. The van der Waals surface area contributed by atoms with Crippen molar-refractivity contribution in [2.24, 2.45) is 0 Å². The molecule has 1 rings (SSSR count). The van der Waals surface area contributed by atoms with Crippen LogP contribution in [0.4, 0.5) is 3.50 Å². The van der Waals surface area contributed by atoms with Crippen LogP contribution in [-0.2, 0) is 17.1 Å². The summed E-state index contributed by atoms with van der Waals surface area (Å²) in [7, 11) is -3.64. The normalized spacial score (nSPS) is 16.7. The first-order valence-electron chi connectivity index (χ1n) is 10.3. The van der Waals surface area contributed by atoms with E-state index >= 15 is 3.50 Å². The van der Waals surface area contributed by atoms with E-state index < -0.39 is 27.1 Å². The van der Waals surface area contributed by atoms with Crippen molar-refractivity contribution in [2.75, 3.05) is 19.6 Å². The van der Waals surface area contributed by atoms with E-state index in [2.05, 4.69) is 48.8 Å². The Hall–Kier alpha value is 0.716. The summed E-state index contributed by atoms with van der Waals surface area (Å²) >= 11 is -4.32. The van der Waals surface area contributed by atoms with Crippen LogP contribution in [0.2, 0.25) is 11.5 Å². The Morgan fingerprint density at radius 1 is 0.920 bits per heavy atom. The molecule has 0 heterocycles. The zero-order valence-electron chi connectivity index (χ0n) is 17.2. The summed E-state index contributed by atoms with van der Waals surface area (Å²) in [6, 6.07) is 0. The Morgan fingerprint density at radius 2 is 1.36 bits per heavy atom. The molecule has 0 saturated heterocycles. The molecule has 0 aromatic carbocycles. The minimum atomic E-state index is -4.32. The number of halogens is 1. The zero-order valence-corrected chi connectivity index (χ0v) is 21.7. The van der Waals surface area contributed by atoms with Crippen molar-refractivity contribution in [3.05, 3.63) is 21.5 Å². The van der Waals surface area contributed by atoms with Crippen LogP contribution in [0.1, 0.15) is 65.7 Å². The van der Waals surface area contributed by atoms with E-state index in [0.29, 0.717) is 0 Å². The van der Waals surface area contributed by atoms with E-state index in [1.807, 2.05) is 11.5 Å². The molecule has 0 aromatic rings. The van der Waals surface area contributed by atoms with Crippen molar-refractivity contribution in [3.63, 3.8) is 0 Å². The average molecular weight is 494 g/mol. The third-order valence-electron chi connectivity index (χ3n) is 5.63. The molecule has 0 saturated carbocycles. The Balaban J connectivity index is 3.35. The summed E-state index contributed by atoms with van der Waals surface area (Å²) in [4.78, 5) is 0. The molecule has 1 aliphatic rings. The molecule has 147 valence electrons. The fourth-order valence-corrected chi connectivity index (χ4v) is 50.9. The molecule has 0 fully saturated rings. The van der Waals surface area contributed by atoms with Gasteiger partial charge in [-0.2, -0.15) is 0 Å². The van der Waals surface area contributed by atoms with Crippen molar-refractivity contribution in [3.8, 4) is 0 Å². The van der Waals surface area contributed by atoms with Gasteiger partial charge in [-0.3, -0.25) is 0 Å². The van der Waals surface area contributed by atoms with E-state index in [1.165, 1.54) is 3.28 Å². The Kier molecular flexibility index (Phi) is 10.4. The molecule has 0 radical (unpaired) electrons. The molecule has 0 aromatic heterocycles. The number of nitrogens with one attached hydrogen (secondary N) is 3. The van der Waals surface area contributed by atoms with Crippen LogP contribution in [-0.4, -0.2) is 29.6 Å². The van der Waals surface area contributed by atoms with Crippen LogP contribution in [0.5, 0.6) is 0 Å². The number of allylic oxidation sites excluding steroid dienone is 4. The minimum absolute atomic E-state index is 0.904. The summed E-state index contributed by atoms with van der Waals surface area (Å²) in [5, 5.41) is 0. The maximum absolute atomic E-state index is 16.3. The van der Waals surface area contributed by atoms with Gasteiger partial charge in [0.05, 0.1) is 0 Å². The predicted octanol–water partition coefficient (Wildman–Crippen LogP) is 5.11. The third kappa shape index (κ3) is 5.37. The standard InChI is InChI=1S/C5H5.3C4H10N.C2H6FGe.Zr/c1-2-4-5-3-1;3*1-2-3-4-5;1-4(2)3;/h1-3H,4H2;3*5H,2-4H2,1H3;1-2H3;/q;3*-1;;+3. The molecular weight excluding hydrogens is 453 g/mol. The third-order valence-corrected chi connectivity index (χ3v) is 62.7. The van der Waals surface area contributed by atoms with Gasteiger partial charge in [-0.25, -0.2) is 0 Å². The van der Waals surface area contributed by atoms with Gasteiger partial charge in [-0.05, 0) is 0 Å². The number of hydrogen-bond donors (Lipinski definition) is 3. The predicted molar refractivity (Wildman–Crippen MR) is 109 cm³/mol. The fraction of sp³-hybridized carbons (Fsp3) is 0.789. The van der Waals surface area contributed by atoms with E-state index in [1.54, 1.807) is 0 Å². The number of hydrogen-bond acceptors (Lipinski definition) is 3. The van der Waals surface area contributed by atoms with Gasteiger partial charge in [-0.15, -0.1) is 0 Å². The molecule has 3 nitrogen and oxygen atoms in total. The van der Waals surface area contributed by atoms with Crippen LogP contribution in [0.3, 0.4) is 0 Å². The van der Waals surface area contributed by atoms with Crippen molar-refractivity contribution >= 4 is 9.94 Å². The molecule has 3 N–H and O–H groups in total. The molecule has 0 amide bonds. The first kappa shape index (κ1) is 23.8. The maximum atomic E-state index is 16.3. The van der Waals surface area contributed by atoms with Gasteiger partial charge in [0.15, 0.2) is 0 Å². The Labute approximate surface area is 158 Å². The summed E-state index contributed by atoms with van der Waals surface area (Å²) < 4.78 is 29.5.